The maximum atomic E-state index is 12.8. The Labute approximate surface area is 148 Å². The van der Waals surface area contributed by atoms with Crippen molar-refractivity contribution < 1.29 is 14.3 Å². The van der Waals surface area contributed by atoms with Gasteiger partial charge in [0.1, 0.15) is 0 Å². The van der Waals surface area contributed by atoms with Crippen molar-refractivity contribution in [1.82, 2.24) is 10.2 Å². The van der Waals surface area contributed by atoms with Gasteiger partial charge in [0.05, 0.1) is 12.7 Å². The molecule has 1 fully saturated rings. The van der Waals surface area contributed by atoms with Crippen molar-refractivity contribution in [2.45, 2.75) is 12.5 Å². The van der Waals surface area contributed by atoms with Crippen LogP contribution in [0.5, 0.6) is 0 Å². The molecule has 2 aliphatic rings. The van der Waals surface area contributed by atoms with E-state index in [9.17, 15) is 9.59 Å². The van der Waals surface area contributed by atoms with Gasteiger partial charge in [0.2, 0.25) is 0 Å². The Bertz CT molecular complexity index is 808. The smallest absolute Gasteiger partial charge is 0.261 e. The lowest BCUT2D eigenvalue weighted by Crippen LogP contribution is -2.44. The molecule has 5 nitrogen and oxygen atoms in total. The van der Waals surface area contributed by atoms with Crippen LogP contribution in [0.15, 0.2) is 34.8 Å². The first-order valence-electron chi connectivity index (χ1n) is 8.06. The van der Waals surface area contributed by atoms with E-state index in [1.165, 1.54) is 4.90 Å². The fourth-order valence-corrected chi connectivity index (χ4v) is 3.85. The van der Waals surface area contributed by atoms with Crippen LogP contribution in [-0.4, -0.2) is 49.1 Å². The first kappa shape index (κ1) is 15.7. The second kappa shape index (κ2) is 6.27. The lowest BCUT2D eigenvalue weighted by molar-refractivity contribution is 0.0173. The van der Waals surface area contributed by atoms with Crippen LogP contribution < -0.4 is 5.32 Å². The van der Waals surface area contributed by atoms with Gasteiger partial charge >= 0.3 is 0 Å². The van der Waals surface area contributed by atoms with Crippen LogP contribution in [0.25, 0.3) is 10.8 Å². The maximum absolute atomic E-state index is 12.8. The highest BCUT2D eigenvalue weighted by Crippen LogP contribution is 2.34. The van der Waals surface area contributed by atoms with Gasteiger partial charge in [-0.1, -0.05) is 28.1 Å². The molecule has 2 aromatic rings. The van der Waals surface area contributed by atoms with Gasteiger partial charge in [-0.3, -0.25) is 14.5 Å². The number of amides is 2. The van der Waals surface area contributed by atoms with Crippen LogP contribution in [0.3, 0.4) is 0 Å². The second-order valence-electron chi connectivity index (χ2n) is 6.07. The van der Waals surface area contributed by atoms with Gasteiger partial charge in [-0.2, -0.15) is 0 Å². The molecule has 124 valence electrons. The topological polar surface area (TPSA) is 58.6 Å². The van der Waals surface area contributed by atoms with Crippen LogP contribution in [-0.2, 0) is 4.74 Å². The molecule has 6 heteroatoms. The molecule has 0 radical (unpaired) electrons. The number of imide groups is 1. The van der Waals surface area contributed by atoms with Crippen LogP contribution in [0, 0.1) is 0 Å². The maximum Gasteiger partial charge on any atom is 0.261 e. The van der Waals surface area contributed by atoms with Crippen molar-refractivity contribution in [3.63, 3.8) is 0 Å². The average molecular weight is 389 g/mol. The Morgan fingerprint density at radius 2 is 1.96 bits per heavy atom. The van der Waals surface area contributed by atoms with Gasteiger partial charge in [0.25, 0.3) is 11.8 Å². The van der Waals surface area contributed by atoms with E-state index in [0.717, 1.165) is 28.3 Å². The fourth-order valence-electron chi connectivity index (χ4n) is 3.39. The monoisotopic (exact) mass is 388 g/mol. The molecule has 1 N–H and O–H groups in total. The first-order chi connectivity index (χ1) is 11.7. The summed E-state index contributed by atoms with van der Waals surface area (Å²) in [6, 6.07) is 9.22. The van der Waals surface area contributed by atoms with Gasteiger partial charge in [0, 0.05) is 40.6 Å². The van der Waals surface area contributed by atoms with Gasteiger partial charge in [-0.05, 0) is 30.0 Å². The molecular formula is C18H17BrN2O3. The number of ether oxygens (including phenoxy) is 1. The highest BCUT2D eigenvalue weighted by molar-refractivity contribution is 9.10. The van der Waals surface area contributed by atoms with Crippen LogP contribution in [0.1, 0.15) is 27.1 Å². The van der Waals surface area contributed by atoms with E-state index in [0.29, 0.717) is 30.7 Å². The predicted molar refractivity (Wildman–Crippen MR) is 94.2 cm³/mol. The summed E-state index contributed by atoms with van der Waals surface area (Å²) < 4.78 is 6.55. The molecule has 2 amide bonds. The Morgan fingerprint density at radius 3 is 2.71 bits per heavy atom. The van der Waals surface area contributed by atoms with E-state index in [4.69, 9.17) is 4.74 Å². The van der Waals surface area contributed by atoms with Gasteiger partial charge in [-0.15, -0.1) is 0 Å². The molecule has 1 unspecified atom stereocenters. The lowest BCUT2D eigenvalue weighted by Gasteiger charge is -2.30. The van der Waals surface area contributed by atoms with Crippen molar-refractivity contribution in [3.8, 4) is 0 Å². The molecule has 0 spiro atoms. The summed E-state index contributed by atoms with van der Waals surface area (Å²) in [6.07, 6.45) is 0.688. The number of halogens is 1. The van der Waals surface area contributed by atoms with Crippen LogP contribution in [0.2, 0.25) is 0 Å². The Hall–Kier alpha value is -1.76. The third-order valence-corrected chi connectivity index (χ3v) is 5.31. The molecule has 0 aliphatic carbocycles. The number of rotatable bonds is 3. The third kappa shape index (κ3) is 2.55. The molecule has 4 rings (SSSR count). The zero-order chi connectivity index (χ0) is 16.7. The van der Waals surface area contributed by atoms with Crippen molar-refractivity contribution in [3.05, 3.63) is 45.9 Å². The fraction of sp³-hybridized carbons (Fsp3) is 0.333. The standard InChI is InChI=1S/C18H17BrN2O3/c19-15-5-4-14-16-12(15)2-1-3-13(16)17(22)21(18(14)23)8-6-11-10-20-7-9-24-11/h1-5,11,20H,6-10H2. The highest BCUT2D eigenvalue weighted by Gasteiger charge is 2.33. The largest absolute Gasteiger partial charge is 0.376 e. The Kier molecular flexibility index (Phi) is 4.12. The normalized spacial score (nSPS) is 20.7. The van der Waals surface area contributed by atoms with Crippen LogP contribution >= 0.6 is 15.9 Å². The number of carbonyl (C=O) groups excluding carboxylic acids is 2. The second-order valence-corrected chi connectivity index (χ2v) is 6.92. The molecule has 1 atom stereocenters. The number of hydrogen-bond donors (Lipinski definition) is 1. The molecule has 2 aromatic carbocycles. The molecule has 2 heterocycles. The number of hydrogen-bond acceptors (Lipinski definition) is 4. The summed E-state index contributed by atoms with van der Waals surface area (Å²) in [4.78, 5) is 27.0. The van der Waals surface area contributed by atoms with Gasteiger partial charge in [0.15, 0.2) is 0 Å². The molecular weight excluding hydrogens is 372 g/mol. The summed E-state index contributed by atoms with van der Waals surface area (Å²) in [5, 5.41) is 4.90. The Balaban J connectivity index is 1.66. The number of nitrogens with one attached hydrogen (secondary N) is 1. The molecule has 0 aromatic heterocycles. The van der Waals surface area contributed by atoms with E-state index < -0.39 is 0 Å². The molecule has 24 heavy (non-hydrogen) atoms. The van der Waals surface area contributed by atoms with Gasteiger partial charge in [-0.25, -0.2) is 0 Å². The third-order valence-electron chi connectivity index (χ3n) is 4.62. The van der Waals surface area contributed by atoms with Crippen LogP contribution in [0.4, 0.5) is 0 Å². The number of nitrogens with zero attached hydrogens (tertiary/aromatic N) is 1. The first-order valence-corrected chi connectivity index (χ1v) is 8.86. The summed E-state index contributed by atoms with van der Waals surface area (Å²) >= 11 is 3.50. The minimum Gasteiger partial charge on any atom is -0.376 e. The summed E-state index contributed by atoms with van der Waals surface area (Å²) in [5.41, 5.74) is 1.18. The summed E-state index contributed by atoms with van der Waals surface area (Å²) in [7, 11) is 0. The quantitative estimate of drug-likeness (QED) is 0.820. The lowest BCUT2D eigenvalue weighted by atomic mass is 9.94. The van der Waals surface area contributed by atoms with E-state index in [-0.39, 0.29) is 17.9 Å². The highest BCUT2D eigenvalue weighted by atomic mass is 79.9. The molecule has 2 aliphatic heterocycles. The Morgan fingerprint density at radius 1 is 1.17 bits per heavy atom. The average Bonchev–Trinajstić information content (AvgIpc) is 2.61. The van der Waals surface area contributed by atoms with E-state index >= 15 is 0 Å². The SMILES string of the molecule is O=C1c2cccc3c(Br)ccc(c23)C(=O)N1CCC1CNCCO1. The molecule has 1 saturated heterocycles. The number of carbonyl (C=O) groups is 2. The molecule has 0 bridgehead atoms. The van der Waals surface area contributed by atoms with Gasteiger partial charge < -0.3 is 10.1 Å². The van der Waals surface area contributed by atoms with E-state index in [2.05, 4.69) is 21.2 Å². The zero-order valence-corrected chi connectivity index (χ0v) is 14.6. The summed E-state index contributed by atoms with van der Waals surface area (Å²) in [6.45, 7) is 2.65. The van der Waals surface area contributed by atoms with E-state index in [1.54, 1.807) is 12.1 Å². The van der Waals surface area contributed by atoms with Crippen molar-refractivity contribution in [2.75, 3.05) is 26.2 Å². The number of morpholine rings is 1. The zero-order valence-electron chi connectivity index (χ0n) is 13.0. The molecule has 0 saturated carbocycles. The number of benzene rings is 2. The van der Waals surface area contributed by atoms with Crippen molar-refractivity contribution in [1.29, 1.82) is 0 Å². The van der Waals surface area contributed by atoms with Crippen molar-refractivity contribution in [2.24, 2.45) is 0 Å². The minimum atomic E-state index is -0.222. The van der Waals surface area contributed by atoms with E-state index in [1.807, 2.05) is 18.2 Å². The predicted octanol–water partition coefficient (Wildman–Crippen LogP) is 2.58. The van der Waals surface area contributed by atoms with Crippen molar-refractivity contribution >= 4 is 38.5 Å². The summed E-state index contributed by atoms with van der Waals surface area (Å²) in [5.74, 6) is -0.445. The minimum absolute atomic E-state index is 0.0430.